The van der Waals surface area contributed by atoms with E-state index in [-0.39, 0.29) is 56.6 Å². The first-order valence-electron chi connectivity index (χ1n) is 15.1. The van der Waals surface area contributed by atoms with Crippen molar-refractivity contribution in [2.75, 3.05) is 0 Å². The van der Waals surface area contributed by atoms with Gasteiger partial charge in [-0.3, -0.25) is 14.4 Å². The van der Waals surface area contributed by atoms with Crippen LogP contribution in [-0.2, 0) is 19.1 Å². The fraction of sp³-hybridized carbons (Fsp3) is 0.714. The lowest BCUT2D eigenvalue weighted by atomic mass is 9.38. The molecule has 2 fully saturated rings. The molecule has 0 radical (unpaired) electrons. The summed E-state index contributed by atoms with van der Waals surface area (Å²) in [5, 5.41) is 9.92. The maximum Gasteiger partial charge on any atom is 0.307 e. The summed E-state index contributed by atoms with van der Waals surface area (Å²) in [6.07, 6.45) is 14.9. The van der Waals surface area contributed by atoms with Crippen molar-refractivity contribution in [3.63, 3.8) is 0 Å². The van der Waals surface area contributed by atoms with Gasteiger partial charge in [-0.05, 0) is 91.1 Å². The molecule has 6 atom stereocenters. The highest BCUT2D eigenvalue weighted by atomic mass is 16.5. The van der Waals surface area contributed by atoms with Gasteiger partial charge < -0.3 is 4.74 Å². The Kier molecular flexibility index (Phi) is 7.48. The molecule has 2 saturated carbocycles. The summed E-state index contributed by atoms with van der Waals surface area (Å²) < 4.78 is 5.22. The number of hydrogen-bond donors (Lipinski definition) is 0. The number of rotatable bonds is 2. The van der Waals surface area contributed by atoms with Crippen molar-refractivity contribution in [3.05, 3.63) is 35.6 Å². The Hall–Kier alpha value is -2.48. The van der Waals surface area contributed by atoms with Crippen LogP contribution < -0.4 is 0 Å². The van der Waals surface area contributed by atoms with E-state index in [0.717, 1.165) is 56.9 Å². The fourth-order valence-electron chi connectivity index (χ4n) is 9.07. The number of Topliss-reactive ketones (excluding diaryl/α,β-unsaturated/α-hetero) is 1. The molecule has 0 heterocycles. The third kappa shape index (κ3) is 4.74. The molecule has 0 saturated heterocycles. The number of carbonyl (C=O) groups is 3. The molecule has 5 heteroatoms. The highest BCUT2D eigenvalue weighted by molar-refractivity contribution is 6.04. The minimum absolute atomic E-state index is 0.0345. The van der Waals surface area contributed by atoms with Gasteiger partial charge in [-0.1, -0.05) is 67.0 Å². The molecule has 0 bridgehead atoms. The predicted octanol–water partition coefficient (Wildman–Crippen LogP) is 8.06. The average molecular weight is 548 g/mol. The van der Waals surface area contributed by atoms with Gasteiger partial charge in [0.2, 0.25) is 0 Å². The number of nitriles is 1. The van der Waals surface area contributed by atoms with E-state index in [1.165, 1.54) is 6.92 Å². The molecule has 4 aliphatic carbocycles. The fourth-order valence-corrected chi connectivity index (χ4v) is 9.07. The van der Waals surface area contributed by atoms with Gasteiger partial charge in [0.1, 0.15) is 6.07 Å². The van der Waals surface area contributed by atoms with Crippen LogP contribution in [-0.4, -0.2) is 17.5 Å². The van der Waals surface area contributed by atoms with Gasteiger partial charge in [0.15, 0.2) is 11.6 Å². The number of nitrogens with zero attached hydrogens (tertiary/aromatic N) is 1. The normalized spacial score (nSPS) is 41.0. The standard InChI is InChI=1S/C35H49NO4/c1-23(37)40-19-18-32(6)15-14-30(2,3)12-10-25-26(38)20-28-33(7)21-24(22-36)29(39)31(4,5)27(33)11-13-35(28,9)34(25,8)17-16-32/h18-21,25,27H,10-17H2,1-9H3/b19-18+/t25?,27-,32-,33-,34+,35+/m0/s1. The Balaban J connectivity index is 1.85. The first kappa shape index (κ1) is 30.5. The van der Waals surface area contributed by atoms with E-state index in [0.29, 0.717) is 0 Å². The first-order chi connectivity index (χ1) is 18.4. The molecule has 0 aliphatic heterocycles. The van der Waals surface area contributed by atoms with Crippen LogP contribution in [0.3, 0.4) is 0 Å². The Morgan fingerprint density at radius 1 is 0.950 bits per heavy atom. The Morgan fingerprint density at radius 2 is 1.60 bits per heavy atom. The maximum atomic E-state index is 14.2. The van der Waals surface area contributed by atoms with E-state index in [9.17, 15) is 19.6 Å². The molecular weight excluding hydrogens is 498 g/mol. The van der Waals surface area contributed by atoms with Crippen LogP contribution in [0.1, 0.15) is 114 Å². The summed E-state index contributed by atoms with van der Waals surface area (Å²) in [4.78, 5) is 39.0. The second-order valence-electron chi connectivity index (χ2n) is 15.6. The molecular formula is C35H49NO4. The lowest BCUT2D eigenvalue weighted by Gasteiger charge is -2.65. The summed E-state index contributed by atoms with van der Waals surface area (Å²) >= 11 is 0. The van der Waals surface area contributed by atoms with Gasteiger partial charge in [0.05, 0.1) is 11.8 Å². The smallest absolute Gasteiger partial charge is 0.307 e. The van der Waals surface area contributed by atoms with Gasteiger partial charge in [-0.15, -0.1) is 0 Å². The third-order valence-electron chi connectivity index (χ3n) is 12.2. The van der Waals surface area contributed by atoms with Crippen LogP contribution in [0, 0.1) is 55.7 Å². The van der Waals surface area contributed by atoms with Crippen molar-refractivity contribution in [3.8, 4) is 6.07 Å². The van der Waals surface area contributed by atoms with E-state index < -0.39 is 10.8 Å². The van der Waals surface area contributed by atoms with E-state index in [1.54, 1.807) is 6.26 Å². The summed E-state index contributed by atoms with van der Waals surface area (Å²) in [5.74, 6) is -0.252. The Morgan fingerprint density at radius 3 is 2.23 bits per heavy atom. The molecule has 0 aromatic rings. The zero-order valence-electron chi connectivity index (χ0n) is 26.2. The van der Waals surface area contributed by atoms with Crippen LogP contribution in [0.2, 0.25) is 0 Å². The summed E-state index contributed by atoms with van der Waals surface area (Å²) in [7, 11) is 0. The lowest BCUT2D eigenvalue weighted by molar-refractivity contribution is -0.139. The SMILES string of the molecule is CC(=O)O/C=C/[C@@]1(C)CCC(C)(C)CCC2C(=O)C=C3[C@@]4(C)C=C(C#N)C(=O)C(C)(C)[C@@H]4CC[C@@]3(C)[C@]2(C)CC1. The molecule has 0 spiro atoms. The van der Waals surface area contributed by atoms with Crippen molar-refractivity contribution in [2.24, 2.45) is 44.3 Å². The summed E-state index contributed by atoms with van der Waals surface area (Å²) in [6, 6.07) is 2.19. The van der Waals surface area contributed by atoms with Crippen LogP contribution in [0.15, 0.2) is 35.6 Å². The molecule has 40 heavy (non-hydrogen) atoms. The number of carbonyl (C=O) groups excluding carboxylic acids is 3. The summed E-state index contributed by atoms with van der Waals surface area (Å²) in [6.45, 7) is 19.1. The van der Waals surface area contributed by atoms with Crippen molar-refractivity contribution in [2.45, 2.75) is 114 Å². The number of allylic oxidation sites excluding steroid dienone is 5. The van der Waals surface area contributed by atoms with E-state index >= 15 is 0 Å². The number of ether oxygens (including phenoxy) is 1. The second kappa shape index (κ2) is 9.81. The van der Waals surface area contributed by atoms with Crippen LogP contribution in [0.5, 0.6) is 0 Å². The zero-order chi connectivity index (χ0) is 29.9. The van der Waals surface area contributed by atoms with Crippen molar-refractivity contribution < 1.29 is 19.1 Å². The van der Waals surface area contributed by atoms with E-state index in [1.807, 2.05) is 26.0 Å². The van der Waals surface area contributed by atoms with Gasteiger partial charge in [0.25, 0.3) is 0 Å². The number of esters is 1. The monoisotopic (exact) mass is 547 g/mol. The minimum atomic E-state index is -0.669. The van der Waals surface area contributed by atoms with Crippen LogP contribution in [0.4, 0.5) is 0 Å². The van der Waals surface area contributed by atoms with Gasteiger partial charge in [-0.2, -0.15) is 5.26 Å². The highest BCUT2D eigenvalue weighted by Crippen LogP contribution is 2.70. The maximum absolute atomic E-state index is 14.2. The molecule has 4 aliphatic rings. The molecule has 0 amide bonds. The van der Waals surface area contributed by atoms with Gasteiger partial charge >= 0.3 is 5.97 Å². The lowest BCUT2D eigenvalue weighted by Crippen LogP contribution is -2.60. The molecule has 218 valence electrons. The van der Waals surface area contributed by atoms with Crippen molar-refractivity contribution in [1.82, 2.24) is 0 Å². The third-order valence-corrected chi connectivity index (χ3v) is 12.2. The molecule has 5 nitrogen and oxygen atoms in total. The first-order valence-corrected chi connectivity index (χ1v) is 15.1. The molecule has 0 aromatic heterocycles. The number of ketones is 2. The predicted molar refractivity (Wildman–Crippen MR) is 157 cm³/mol. The number of hydrogen-bond acceptors (Lipinski definition) is 5. The molecule has 4 rings (SSSR count). The zero-order valence-corrected chi connectivity index (χ0v) is 26.2. The molecule has 0 aromatic carbocycles. The summed E-state index contributed by atoms with van der Waals surface area (Å²) in [5.41, 5.74) is -0.503. The Bertz CT molecular complexity index is 1240. The van der Waals surface area contributed by atoms with Gasteiger partial charge in [0, 0.05) is 23.7 Å². The van der Waals surface area contributed by atoms with Crippen LogP contribution in [0.25, 0.3) is 0 Å². The Labute approximate surface area is 241 Å². The largest absolute Gasteiger partial charge is 0.435 e. The quantitative estimate of drug-likeness (QED) is 0.258. The van der Waals surface area contributed by atoms with E-state index in [2.05, 4.69) is 53.7 Å². The molecule has 0 N–H and O–H groups in total. The van der Waals surface area contributed by atoms with E-state index in [4.69, 9.17) is 4.74 Å². The van der Waals surface area contributed by atoms with Crippen LogP contribution >= 0.6 is 0 Å². The highest BCUT2D eigenvalue weighted by Gasteiger charge is 2.65. The minimum Gasteiger partial charge on any atom is -0.435 e. The van der Waals surface area contributed by atoms with Crippen molar-refractivity contribution >= 4 is 17.5 Å². The van der Waals surface area contributed by atoms with Gasteiger partial charge in [-0.25, -0.2) is 0 Å². The average Bonchev–Trinajstić information content (AvgIpc) is 2.85. The second-order valence-corrected chi connectivity index (χ2v) is 15.6. The number of fused-ring (bicyclic) bond motifs is 5. The topological polar surface area (TPSA) is 84.2 Å². The molecule has 1 unspecified atom stereocenters. The van der Waals surface area contributed by atoms with Crippen molar-refractivity contribution in [1.29, 1.82) is 5.26 Å².